The molecule has 0 aromatic rings. The molecule has 0 radical (unpaired) electrons. The third-order valence-electron chi connectivity index (χ3n) is 12.9. The van der Waals surface area contributed by atoms with E-state index in [1.165, 1.54) is 0 Å². The largest absolute Gasteiger partial charge is 0.462 e. The van der Waals surface area contributed by atoms with Crippen molar-refractivity contribution >= 4 is 11.9 Å². The molecule has 19 atom stereocenters. The predicted molar refractivity (Wildman–Crippen MR) is 252 cm³/mol. The maximum Gasteiger partial charge on any atom is 0.308 e. The van der Waals surface area contributed by atoms with Gasteiger partial charge >= 0.3 is 5.97 Å². The number of cyclic esters (lactones) is 1. The fourth-order valence-electron chi connectivity index (χ4n) is 8.90. The van der Waals surface area contributed by atoms with Crippen LogP contribution in [-0.4, -0.2) is 178 Å². The smallest absolute Gasteiger partial charge is 0.308 e. The molecule has 1 saturated carbocycles. The zero-order valence-corrected chi connectivity index (χ0v) is 39.6. The van der Waals surface area contributed by atoms with E-state index in [9.17, 15) is 65.8 Å². The lowest BCUT2D eigenvalue weighted by atomic mass is 9.82. The molecule has 4 rings (SSSR count). The number of hydrogen-bond acceptors (Lipinski definition) is 18. The highest BCUT2D eigenvalue weighted by molar-refractivity contribution is 5.80. The molecule has 390 valence electrons. The first-order valence-corrected chi connectivity index (χ1v) is 24.2. The van der Waals surface area contributed by atoms with Crippen LogP contribution in [0.4, 0.5) is 0 Å². The fourth-order valence-corrected chi connectivity index (χ4v) is 8.90. The monoisotopic (exact) mass is 979 g/mol. The van der Waals surface area contributed by atoms with Gasteiger partial charge in [0.15, 0.2) is 12.1 Å². The molecular weight excluding hydrogens is 901 g/mol. The van der Waals surface area contributed by atoms with E-state index in [4.69, 9.17) is 24.7 Å². The Bertz CT molecular complexity index is 1770. The Morgan fingerprint density at radius 2 is 1.29 bits per heavy atom. The van der Waals surface area contributed by atoms with Crippen molar-refractivity contribution in [3.05, 3.63) is 85.1 Å². The maximum atomic E-state index is 13.9. The number of rotatable bonds is 4. The molecular formula is C50H78N2O17. The molecule has 19 nitrogen and oxygen atoms in total. The van der Waals surface area contributed by atoms with Gasteiger partial charge in [-0.1, -0.05) is 92.0 Å². The number of hydrogen-bond donors (Lipinski definition) is 13. The first kappa shape index (κ1) is 58.1. The Morgan fingerprint density at radius 1 is 0.667 bits per heavy atom. The summed E-state index contributed by atoms with van der Waals surface area (Å²) in [5.41, 5.74) is 6.02. The van der Waals surface area contributed by atoms with Gasteiger partial charge in [-0.2, -0.15) is 0 Å². The zero-order valence-electron chi connectivity index (χ0n) is 39.6. The molecule has 19 heteroatoms. The van der Waals surface area contributed by atoms with Crippen molar-refractivity contribution in [2.24, 2.45) is 17.6 Å². The standard InChI is InChI=1S/C50H78N2O17/c1-30-16-13-11-9-7-5-3-4-6-8-10-12-14-17-35(68-49-47(63)46(51)42(61)29-66-49)26-43-45(48(64)52-36-18-15-19-37(36)56)41(60)28-50(65,69-43)27-34(55)24-40(59)38(57)21-20-32(53)23-33(54)25-44(62)67-31(2)22-39(30)58/h3-14,16-17,30-43,45-47,49,53-61,63,65H,15,18-29,51H2,1-2H3,(H,52,64)/b4-3+,7-5+,8-6+,11-9+,12-10+,16-13+,17-14+/t30-,31-,32?,33?,34?,35?,36-,37+,38?,39-,40?,41-,42+,43-,45+,46-,47-,49-,50?/m0/s1. The van der Waals surface area contributed by atoms with Crippen molar-refractivity contribution in [1.29, 1.82) is 0 Å². The first-order valence-electron chi connectivity index (χ1n) is 24.2. The van der Waals surface area contributed by atoms with E-state index >= 15 is 0 Å². The summed E-state index contributed by atoms with van der Waals surface area (Å²) < 4.78 is 23.3. The van der Waals surface area contributed by atoms with E-state index in [1.807, 2.05) is 37.3 Å². The topological polar surface area (TPSA) is 332 Å². The van der Waals surface area contributed by atoms with Crippen LogP contribution in [0.5, 0.6) is 0 Å². The van der Waals surface area contributed by atoms with Crippen molar-refractivity contribution in [3.8, 4) is 0 Å². The molecule has 2 bridgehead atoms. The van der Waals surface area contributed by atoms with Crippen LogP contribution in [0.15, 0.2) is 85.1 Å². The van der Waals surface area contributed by atoms with E-state index < -0.39 is 147 Å². The SMILES string of the molecule is C[C@H]1C[C@H](O)[C@@H](C)/C=C/C=C/C=C/C=C/C=C/C=C/C=C/C(O[C@@H]2OC[C@@H](O)[C@H](N)[C@@H]2O)C[C@@H]2OC(O)(CC(O)CC(O)C(O)CCC(O)CC(O)CC(=O)O1)C[C@H](O)[C@H]2C(=O)N[C@H]1CCC[C@H]1O. The lowest BCUT2D eigenvalue weighted by molar-refractivity contribution is -0.304. The van der Waals surface area contributed by atoms with Crippen molar-refractivity contribution in [1.82, 2.24) is 5.32 Å². The van der Waals surface area contributed by atoms with Gasteiger partial charge in [0.05, 0.1) is 98.2 Å². The third-order valence-corrected chi connectivity index (χ3v) is 12.9. The molecule has 0 aromatic heterocycles. The van der Waals surface area contributed by atoms with Crippen LogP contribution in [0.2, 0.25) is 0 Å². The van der Waals surface area contributed by atoms with Gasteiger partial charge in [-0.05, 0) is 45.4 Å². The molecule has 1 amide bonds. The van der Waals surface area contributed by atoms with E-state index in [-0.39, 0.29) is 44.6 Å². The average molecular weight is 979 g/mol. The predicted octanol–water partition coefficient (Wildman–Crippen LogP) is 0.0222. The summed E-state index contributed by atoms with van der Waals surface area (Å²) in [6.07, 6.45) is 6.29. The van der Waals surface area contributed by atoms with Crippen LogP contribution in [0, 0.1) is 11.8 Å². The zero-order chi connectivity index (χ0) is 50.7. The number of ether oxygens (including phenoxy) is 4. The van der Waals surface area contributed by atoms with Crippen LogP contribution in [0.1, 0.15) is 90.9 Å². The minimum Gasteiger partial charge on any atom is -0.462 e. The fraction of sp³-hybridized carbons (Fsp3) is 0.680. The van der Waals surface area contributed by atoms with Gasteiger partial charge in [0.25, 0.3) is 0 Å². The van der Waals surface area contributed by atoms with Crippen molar-refractivity contribution in [3.63, 3.8) is 0 Å². The summed E-state index contributed by atoms with van der Waals surface area (Å²) >= 11 is 0. The van der Waals surface area contributed by atoms with E-state index in [1.54, 1.807) is 61.6 Å². The summed E-state index contributed by atoms with van der Waals surface area (Å²) in [5, 5.41) is 122. The number of carbonyl (C=O) groups excluding carboxylic acids is 2. The van der Waals surface area contributed by atoms with Crippen LogP contribution in [0.3, 0.4) is 0 Å². The van der Waals surface area contributed by atoms with E-state index in [0.717, 1.165) is 0 Å². The van der Waals surface area contributed by atoms with Crippen LogP contribution < -0.4 is 11.1 Å². The van der Waals surface area contributed by atoms with Gasteiger partial charge in [-0.15, -0.1) is 0 Å². The third kappa shape index (κ3) is 19.9. The highest BCUT2D eigenvalue weighted by Gasteiger charge is 2.51. The molecule has 0 aromatic carbocycles. The molecule has 3 aliphatic heterocycles. The minimum atomic E-state index is -2.29. The summed E-state index contributed by atoms with van der Waals surface area (Å²) in [6.45, 7) is 3.20. The molecule has 7 unspecified atom stereocenters. The number of aliphatic hydroxyl groups excluding tert-OH is 10. The highest BCUT2D eigenvalue weighted by atomic mass is 16.7. The number of esters is 1. The Morgan fingerprint density at radius 3 is 1.91 bits per heavy atom. The Balaban J connectivity index is 1.58. The number of allylic oxidation sites excluding steroid dienone is 12. The first-order chi connectivity index (χ1) is 32.7. The molecule has 69 heavy (non-hydrogen) atoms. The van der Waals surface area contributed by atoms with Crippen LogP contribution in [-0.2, 0) is 28.5 Å². The Labute approximate surface area is 404 Å². The van der Waals surface area contributed by atoms with Crippen molar-refractivity contribution in [2.75, 3.05) is 6.61 Å². The van der Waals surface area contributed by atoms with Crippen molar-refractivity contribution in [2.45, 2.75) is 194 Å². The minimum absolute atomic E-state index is 0.0984. The van der Waals surface area contributed by atoms with E-state index in [0.29, 0.717) is 19.3 Å². The van der Waals surface area contributed by atoms with Gasteiger partial charge in [-0.3, -0.25) is 9.59 Å². The normalized spacial score (nSPS) is 44.6. The number of amides is 1. The number of fused-ring (bicyclic) bond motifs is 2. The molecule has 2 saturated heterocycles. The summed E-state index contributed by atoms with van der Waals surface area (Å²) in [5.74, 6) is -5.28. The van der Waals surface area contributed by atoms with Gasteiger partial charge in [-0.25, -0.2) is 0 Å². The molecule has 0 spiro atoms. The molecule has 4 aliphatic rings. The molecule has 1 aliphatic carbocycles. The second kappa shape index (κ2) is 29.1. The summed E-state index contributed by atoms with van der Waals surface area (Å²) in [4.78, 5) is 26.5. The quantitative estimate of drug-likeness (QED) is 0.165. The second-order valence-electron chi connectivity index (χ2n) is 19.0. The van der Waals surface area contributed by atoms with Gasteiger partial charge in [0.2, 0.25) is 5.91 Å². The van der Waals surface area contributed by atoms with Crippen LogP contribution >= 0.6 is 0 Å². The second-order valence-corrected chi connectivity index (χ2v) is 19.0. The number of carbonyl (C=O) groups is 2. The lowest BCUT2D eigenvalue weighted by Gasteiger charge is -2.46. The van der Waals surface area contributed by atoms with Crippen LogP contribution in [0.25, 0.3) is 0 Å². The maximum absolute atomic E-state index is 13.9. The summed E-state index contributed by atoms with van der Waals surface area (Å²) in [7, 11) is 0. The molecule has 14 N–H and O–H groups in total. The van der Waals surface area contributed by atoms with Gasteiger partial charge in [0, 0.05) is 38.0 Å². The molecule has 3 fully saturated rings. The Hall–Kier alpha value is -3.48. The lowest BCUT2D eigenvalue weighted by Crippen LogP contribution is -2.60. The van der Waals surface area contributed by atoms with E-state index in [2.05, 4.69) is 5.32 Å². The van der Waals surface area contributed by atoms with Crippen molar-refractivity contribution < 1.29 is 84.7 Å². The number of nitrogens with one attached hydrogen (secondary N) is 1. The highest BCUT2D eigenvalue weighted by Crippen LogP contribution is 2.38. The Kier molecular flexibility index (Phi) is 24.5. The molecule has 3 heterocycles. The van der Waals surface area contributed by atoms with Gasteiger partial charge in [0.1, 0.15) is 12.2 Å². The summed E-state index contributed by atoms with van der Waals surface area (Å²) in [6, 6.07) is -1.71. The number of nitrogens with two attached hydrogens (primary N) is 1. The average Bonchev–Trinajstić information content (AvgIpc) is 3.67. The van der Waals surface area contributed by atoms with Gasteiger partial charge < -0.3 is 86.2 Å². The number of aliphatic hydroxyl groups is 11.